The van der Waals surface area contributed by atoms with Gasteiger partial charge in [0.1, 0.15) is 23.4 Å². The molecule has 0 amide bonds. The summed E-state index contributed by atoms with van der Waals surface area (Å²) in [5, 5.41) is 21.5. The van der Waals surface area contributed by atoms with Crippen molar-refractivity contribution in [1.82, 2.24) is 5.32 Å². The van der Waals surface area contributed by atoms with Crippen LogP contribution in [0.2, 0.25) is 5.02 Å². The Bertz CT molecular complexity index is 1360. The Morgan fingerprint density at radius 1 is 1.29 bits per heavy atom. The third-order valence-corrected chi connectivity index (χ3v) is 8.39. The van der Waals surface area contributed by atoms with Crippen LogP contribution >= 0.6 is 11.6 Å². The molecule has 1 saturated heterocycles. The first kappa shape index (κ1) is 27.7. The molecule has 1 atom stereocenters. The van der Waals surface area contributed by atoms with Gasteiger partial charge in [0, 0.05) is 11.1 Å². The van der Waals surface area contributed by atoms with Crippen LogP contribution in [0.1, 0.15) is 36.5 Å². The first-order valence-corrected chi connectivity index (χ1v) is 14.3. The minimum absolute atomic E-state index is 0.00377. The number of nitrogens with one attached hydrogen (secondary N) is 2. The number of hydrogen-bond donors (Lipinski definition) is 4. The molecule has 0 spiro atoms. The van der Waals surface area contributed by atoms with Gasteiger partial charge in [0.25, 0.3) is 0 Å². The molecule has 38 heavy (non-hydrogen) atoms. The number of rotatable bonds is 9. The van der Waals surface area contributed by atoms with Gasteiger partial charge in [-0.2, -0.15) is 0 Å². The fourth-order valence-electron chi connectivity index (χ4n) is 4.62. The SMILES string of the molecule is CCOC(=O)CS(=O)(=O)N1c2cc(Cl)c(OC3CCNCC3)cc2CC1/C=C/c1cc(C(=N)N)ccc1O. The highest BCUT2D eigenvalue weighted by molar-refractivity contribution is 7.93. The maximum atomic E-state index is 13.4. The van der Waals surface area contributed by atoms with Gasteiger partial charge >= 0.3 is 5.97 Å². The number of nitrogens with two attached hydrogens (primary N) is 1. The second kappa shape index (κ2) is 11.6. The fraction of sp³-hybridized carbons (Fsp3) is 0.385. The molecule has 0 aromatic heterocycles. The molecule has 0 saturated carbocycles. The van der Waals surface area contributed by atoms with Crippen LogP contribution in [0.5, 0.6) is 11.5 Å². The van der Waals surface area contributed by atoms with Crippen LogP contribution < -0.4 is 20.1 Å². The summed E-state index contributed by atoms with van der Waals surface area (Å²) in [6.07, 6.45) is 5.16. The van der Waals surface area contributed by atoms with Crippen LogP contribution in [-0.4, -0.2) is 62.9 Å². The number of hydrogen-bond acceptors (Lipinski definition) is 8. The number of carbonyl (C=O) groups excluding carboxylic acids is 1. The smallest absolute Gasteiger partial charge is 0.323 e. The highest BCUT2D eigenvalue weighted by Crippen LogP contribution is 2.42. The summed E-state index contributed by atoms with van der Waals surface area (Å²) in [6, 6.07) is 7.07. The number of amidine groups is 1. The first-order chi connectivity index (χ1) is 18.1. The molecule has 2 aliphatic rings. The minimum Gasteiger partial charge on any atom is -0.507 e. The lowest BCUT2D eigenvalue weighted by Gasteiger charge is -2.26. The molecular weight excluding hydrogens is 532 g/mol. The number of anilines is 1. The zero-order valence-electron chi connectivity index (χ0n) is 20.9. The van der Waals surface area contributed by atoms with Crippen LogP contribution in [0.4, 0.5) is 5.69 Å². The maximum absolute atomic E-state index is 13.4. The molecule has 2 aliphatic heterocycles. The number of phenolic OH excluding ortho intramolecular Hbond substituents is 1. The molecule has 5 N–H and O–H groups in total. The van der Waals surface area contributed by atoms with Crippen LogP contribution in [0, 0.1) is 5.41 Å². The molecule has 4 rings (SSSR count). The number of nitrogens with zero attached hydrogens (tertiary/aromatic N) is 1. The molecule has 10 nitrogen and oxygen atoms in total. The Kier molecular flexibility index (Phi) is 8.49. The van der Waals surface area contributed by atoms with Crippen molar-refractivity contribution in [2.75, 3.05) is 29.8 Å². The Labute approximate surface area is 226 Å². The standard InChI is InChI=1S/C26H31ClN4O6S/c1-2-36-25(33)15-38(34,35)31-19(5-3-16-11-17(26(28)29)4-6-23(16)32)12-18-13-24(21(27)14-22(18)31)37-20-7-9-30-10-8-20/h3-6,11,13-14,19-20,30,32H,2,7-10,12,15H2,1H3,(H3,28,29)/b5-3+. The number of phenols is 1. The van der Waals surface area contributed by atoms with E-state index in [0.29, 0.717) is 34.5 Å². The van der Waals surface area contributed by atoms with Crippen molar-refractivity contribution in [2.24, 2.45) is 5.73 Å². The largest absolute Gasteiger partial charge is 0.507 e. The number of carbonyl (C=O) groups is 1. The quantitative estimate of drug-likeness (QED) is 0.206. The summed E-state index contributed by atoms with van der Waals surface area (Å²) < 4.78 is 39.1. The van der Waals surface area contributed by atoms with E-state index in [1.165, 1.54) is 22.5 Å². The summed E-state index contributed by atoms with van der Waals surface area (Å²) in [5.41, 5.74) is 7.40. The molecule has 2 aromatic rings. The third-order valence-electron chi connectivity index (χ3n) is 6.42. The molecule has 12 heteroatoms. The highest BCUT2D eigenvalue weighted by Gasteiger charge is 2.38. The lowest BCUT2D eigenvalue weighted by molar-refractivity contribution is -0.139. The first-order valence-electron chi connectivity index (χ1n) is 12.3. The van der Waals surface area contributed by atoms with E-state index >= 15 is 0 Å². The minimum atomic E-state index is -4.15. The number of ether oxygens (including phenoxy) is 2. The number of aromatic hydroxyl groups is 1. The van der Waals surface area contributed by atoms with Gasteiger partial charge in [-0.25, -0.2) is 8.42 Å². The Morgan fingerprint density at radius 2 is 2.03 bits per heavy atom. The van der Waals surface area contributed by atoms with E-state index in [4.69, 9.17) is 32.2 Å². The number of esters is 1. The molecule has 204 valence electrons. The Balaban J connectivity index is 1.70. The molecule has 0 aliphatic carbocycles. The van der Waals surface area contributed by atoms with Crippen LogP contribution in [0.25, 0.3) is 6.08 Å². The van der Waals surface area contributed by atoms with E-state index in [1.54, 1.807) is 31.2 Å². The van der Waals surface area contributed by atoms with E-state index < -0.39 is 27.8 Å². The molecule has 2 aromatic carbocycles. The predicted molar refractivity (Wildman–Crippen MR) is 147 cm³/mol. The molecule has 0 bridgehead atoms. The molecule has 1 fully saturated rings. The van der Waals surface area contributed by atoms with Gasteiger partial charge in [-0.3, -0.25) is 14.5 Å². The van der Waals surface area contributed by atoms with Gasteiger partial charge in [-0.1, -0.05) is 23.8 Å². The molecule has 0 radical (unpaired) electrons. The van der Waals surface area contributed by atoms with E-state index in [-0.39, 0.29) is 29.3 Å². The normalized spacial score (nSPS) is 17.9. The molecule has 1 unspecified atom stereocenters. The van der Waals surface area contributed by atoms with E-state index in [2.05, 4.69) is 5.32 Å². The van der Waals surface area contributed by atoms with Crippen LogP contribution in [0.3, 0.4) is 0 Å². The summed E-state index contributed by atoms with van der Waals surface area (Å²) in [5.74, 6) is -1.42. The summed E-state index contributed by atoms with van der Waals surface area (Å²) >= 11 is 6.55. The fourth-order valence-corrected chi connectivity index (χ4v) is 6.37. The Hall–Kier alpha value is -3.28. The van der Waals surface area contributed by atoms with Gasteiger partial charge in [0.2, 0.25) is 10.0 Å². The van der Waals surface area contributed by atoms with E-state index in [0.717, 1.165) is 25.9 Å². The van der Waals surface area contributed by atoms with Gasteiger partial charge in [0.05, 0.1) is 23.4 Å². The monoisotopic (exact) mass is 562 g/mol. The topological polar surface area (TPSA) is 155 Å². The average molecular weight is 563 g/mol. The average Bonchev–Trinajstić information content (AvgIpc) is 3.22. The summed E-state index contributed by atoms with van der Waals surface area (Å²) in [4.78, 5) is 12.1. The summed E-state index contributed by atoms with van der Waals surface area (Å²) in [6.45, 7) is 3.35. The second-order valence-electron chi connectivity index (χ2n) is 9.15. The van der Waals surface area contributed by atoms with Gasteiger partial charge in [-0.15, -0.1) is 0 Å². The zero-order chi connectivity index (χ0) is 27.4. The van der Waals surface area contributed by atoms with Crippen molar-refractivity contribution in [3.05, 3.63) is 58.1 Å². The van der Waals surface area contributed by atoms with Crippen molar-refractivity contribution >= 4 is 45.2 Å². The number of nitrogen functional groups attached to an aromatic ring is 1. The van der Waals surface area contributed by atoms with E-state index in [9.17, 15) is 18.3 Å². The number of benzene rings is 2. The zero-order valence-corrected chi connectivity index (χ0v) is 22.5. The number of piperidine rings is 1. The molecular formula is C26H31ClN4O6S. The number of fused-ring (bicyclic) bond motifs is 1. The second-order valence-corrected chi connectivity index (χ2v) is 11.4. The van der Waals surface area contributed by atoms with Crippen molar-refractivity contribution < 1.29 is 27.8 Å². The van der Waals surface area contributed by atoms with Gasteiger partial charge in [0.15, 0.2) is 5.75 Å². The molecule has 2 heterocycles. The van der Waals surface area contributed by atoms with Crippen molar-refractivity contribution in [3.63, 3.8) is 0 Å². The van der Waals surface area contributed by atoms with Crippen LogP contribution in [-0.2, 0) is 26.0 Å². The van der Waals surface area contributed by atoms with Crippen LogP contribution in [0.15, 0.2) is 36.4 Å². The maximum Gasteiger partial charge on any atom is 0.323 e. The third kappa shape index (κ3) is 6.23. The summed E-state index contributed by atoms with van der Waals surface area (Å²) in [7, 11) is -4.15. The predicted octanol–water partition coefficient (Wildman–Crippen LogP) is 2.80. The van der Waals surface area contributed by atoms with Crippen molar-refractivity contribution in [1.29, 1.82) is 5.41 Å². The number of halogens is 1. The van der Waals surface area contributed by atoms with Gasteiger partial charge in [-0.05, 0) is 75.2 Å². The van der Waals surface area contributed by atoms with Crippen molar-refractivity contribution in [2.45, 2.75) is 38.3 Å². The van der Waals surface area contributed by atoms with Gasteiger partial charge < -0.3 is 25.6 Å². The highest BCUT2D eigenvalue weighted by atomic mass is 35.5. The number of sulfonamides is 1. The Morgan fingerprint density at radius 3 is 2.71 bits per heavy atom. The lowest BCUT2D eigenvalue weighted by Crippen LogP contribution is -2.40. The van der Waals surface area contributed by atoms with Crippen molar-refractivity contribution in [3.8, 4) is 11.5 Å². The van der Waals surface area contributed by atoms with E-state index in [1.807, 2.05) is 0 Å². The lowest BCUT2D eigenvalue weighted by atomic mass is 10.1.